The lowest BCUT2D eigenvalue weighted by molar-refractivity contribution is 0.296. The van der Waals surface area contributed by atoms with Gasteiger partial charge in [-0.3, -0.25) is 0 Å². The number of rotatable bonds is 4. The van der Waals surface area contributed by atoms with E-state index in [1.165, 1.54) is 0 Å². The van der Waals surface area contributed by atoms with Gasteiger partial charge in [0.25, 0.3) is 0 Å². The highest BCUT2D eigenvalue weighted by Crippen LogP contribution is 2.33. The summed E-state index contributed by atoms with van der Waals surface area (Å²) in [6.45, 7) is 5.95. The smallest absolute Gasteiger partial charge is 0.321 e. The molecular formula is C15H19N3O3. The van der Waals surface area contributed by atoms with Gasteiger partial charge >= 0.3 is 6.01 Å². The van der Waals surface area contributed by atoms with Crippen LogP contribution in [0, 0.1) is 0 Å². The van der Waals surface area contributed by atoms with Crippen molar-refractivity contribution in [3.8, 4) is 11.5 Å². The summed E-state index contributed by atoms with van der Waals surface area (Å²) < 4.78 is 16.6. The molecule has 0 fully saturated rings. The van der Waals surface area contributed by atoms with Crippen molar-refractivity contribution in [1.29, 1.82) is 0 Å². The molecule has 2 aromatic rings. The first kappa shape index (κ1) is 13.7. The van der Waals surface area contributed by atoms with Crippen LogP contribution in [-0.2, 0) is 6.54 Å². The minimum Gasteiger partial charge on any atom is -0.490 e. The third kappa shape index (κ3) is 3.09. The molecule has 0 spiro atoms. The summed E-state index contributed by atoms with van der Waals surface area (Å²) in [6, 6.07) is 6.30. The molecule has 1 aromatic heterocycles. The van der Waals surface area contributed by atoms with E-state index < -0.39 is 0 Å². The van der Waals surface area contributed by atoms with Crippen molar-refractivity contribution in [3.05, 3.63) is 29.6 Å². The topological polar surface area (TPSA) is 69.4 Å². The first-order chi connectivity index (χ1) is 10.2. The number of anilines is 1. The van der Waals surface area contributed by atoms with E-state index in [0.29, 0.717) is 31.6 Å². The Hall–Kier alpha value is -2.24. The Labute approximate surface area is 123 Å². The van der Waals surface area contributed by atoms with Crippen LogP contribution in [0.3, 0.4) is 0 Å². The number of para-hydroxylation sites is 1. The van der Waals surface area contributed by atoms with E-state index in [-0.39, 0.29) is 5.92 Å². The summed E-state index contributed by atoms with van der Waals surface area (Å²) in [7, 11) is 0. The van der Waals surface area contributed by atoms with Gasteiger partial charge < -0.3 is 19.3 Å². The van der Waals surface area contributed by atoms with Gasteiger partial charge in [0.15, 0.2) is 17.3 Å². The van der Waals surface area contributed by atoms with Crippen LogP contribution < -0.4 is 14.8 Å². The minimum absolute atomic E-state index is 0.244. The molecule has 112 valence electrons. The van der Waals surface area contributed by atoms with Crippen molar-refractivity contribution in [2.75, 3.05) is 18.5 Å². The Bertz CT molecular complexity index is 610. The molecule has 21 heavy (non-hydrogen) atoms. The Morgan fingerprint density at radius 1 is 1.24 bits per heavy atom. The van der Waals surface area contributed by atoms with Gasteiger partial charge in [-0.1, -0.05) is 31.1 Å². The quantitative estimate of drug-likeness (QED) is 0.933. The van der Waals surface area contributed by atoms with Gasteiger partial charge in [-0.05, 0) is 6.07 Å². The number of hydrogen-bond donors (Lipinski definition) is 1. The molecule has 0 saturated heterocycles. The number of ether oxygens (including phenoxy) is 2. The highest BCUT2D eigenvalue weighted by molar-refractivity contribution is 5.48. The van der Waals surface area contributed by atoms with Crippen LogP contribution >= 0.6 is 0 Å². The van der Waals surface area contributed by atoms with E-state index in [1.807, 2.05) is 32.0 Å². The van der Waals surface area contributed by atoms with E-state index in [2.05, 4.69) is 15.5 Å². The van der Waals surface area contributed by atoms with Crippen LogP contribution in [0.15, 0.2) is 22.7 Å². The zero-order valence-corrected chi connectivity index (χ0v) is 12.3. The van der Waals surface area contributed by atoms with Crippen LogP contribution in [0.4, 0.5) is 6.01 Å². The number of benzene rings is 1. The maximum atomic E-state index is 5.78. The van der Waals surface area contributed by atoms with Gasteiger partial charge in [0, 0.05) is 24.4 Å². The van der Waals surface area contributed by atoms with Crippen molar-refractivity contribution < 1.29 is 14.0 Å². The summed E-state index contributed by atoms with van der Waals surface area (Å²) in [5.74, 6) is 2.53. The molecule has 0 bridgehead atoms. The first-order valence-electron chi connectivity index (χ1n) is 7.19. The molecule has 0 aliphatic carbocycles. The Morgan fingerprint density at radius 3 is 2.90 bits per heavy atom. The van der Waals surface area contributed by atoms with Gasteiger partial charge in [0.2, 0.25) is 0 Å². The van der Waals surface area contributed by atoms with Crippen molar-refractivity contribution >= 4 is 6.01 Å². The molecule has 1 aliphatic rings. The minimum atomic E-state index is 0.244. The largest absolute Gasteiger partial charge is 0.490 e. The molecule has 3 rings (SSSR count). The van der Waals surface area contributed by atoms with Crippen LogP contribution in [0.5, 0.6) is 11.5 Å². The normalized spacial score (nSPS) is 14.0. The van der Waals surface area contributed by atoms with Gasteiger partial charge in [0.1, 0.15) is 0 Å². The number of fused-ring (bicyclic) bond motifs is 1. The van der Waals surface area contributed by atoms with Gasteiger partial charge in [0.05, 0.1) is 13.2 Å². The lowest BCUT2D eigenvalue weighted by Crippen LogP contribution is -2.04. The second-order valence-corrected chi connectivity index (χ2v) is 5.26. The molecule has 0 amide bonds. The molecule has 0 unspecified atom stereocenters. The van der Waals surface area contributed by atoms with E-state index in [1.54, 1.807) is 0 Å². The highest BCUT2D eigenvalue weighted by atomic mass is 16.5. The average molecular weight is 289 g/mol. The molecule has 1 aromatic carbocycles. The summed E-state index contributed by atoms with van der Waals surface area (Å²) in [6.07, 6.45) is 0.892. The Morgan fingerprint density at radius 2 is 2.10 bits per heavy atom. The molecule has 0 saturated carbocycles. The second kappa shape index (κ2) is 6.03. The number of hydrogen-bond acceptors (Lipinski definition) is 6. The number of nitrogens with one attached hydrogen (secondary N) is 1. The number of nitrogens with zero attached hydrogens (tertiary/aromatic N) is 2. The van der Waals surface area contributed by atoms with Crippen molar-refractivity contribution in [1.82, 2.24) is 10.1 Å². The molecule has 6 nitrogen and oxygen atoms in total. The van der Waals surface area contributed by atoms with Gasteiger partial charge in [-0.25, -0.2) is 0 Å². The van der Waals surface area contributed by atoms with Gasteiger partial charge in [-0.15, -0.1) is 0 Å². The van der Waals surface area contributed by atoms with Crippen molar-refractivity contribution in [2.24, 2.45) is 0 Å². The average Bonchev–Trinajstić information content (AvgIpc) is 2.82. The Balaban J connectivity index is 1.72. The molecule has 0 atom stereocenters. The molecule has 1 aliphatic heterocycles. The maximum absolute atomic E-state index is 5.78. The SMILES string of the molecule is CC(C)c1noc(NCc2cccc3c2OCCCO3)n1. The second-order valence-electron chi connectivity index (χ2n) is 5.26. The van der Waals surface area contributed by atoms with E-state index >= 15 is 0 Å². The van der Waals surface area contributed by atoms with Crippen LogP contribution in [0.1, 0.15) is 37.6 Å². The fraction of sp³-hybridized carbons (Fsp3) is 0.467. The predicted octanol–water partition coefficient (Wildman–Crippen LogP) is 2.97. The fourth-order valence-electron chi connectivity index (χ4n) is 2.11. The molecule has 1 N–H and O–H groups in total. The summed E-state index contributed by atoms with van der Waals surface area (Å²) >= 11 is 0. The van der Waals surface area contributed by atoms with Crippen molar-refractivity contribution in [2.45, 2.75) is 32.7 Å². The van der Waals surface area contributed by atoms with Crippen molar-refractivity contribution in [3.63, 3.8) is 0 Å². The summed E-state index contributed by atoms with van der Waals surface area (Å²) in [5, 5.41) is 7.06. The highest BCUT2D eigenvalue weighted by Gasteiger charge is 2.15. The van der Waals surface area contributed by atoms with Crippen LogP contribution in [-0.4, -0.2) is 23.4 Å². The first-order valence-corrected chi connectivity index (χ1v) is 7.19. The molecule has 2 heterocycles. The molecular weight excluding hydrogens is 270 g/mol. The van der Waals surface area contributed by atoms with E-state index in [4.69, 9.17) is 14.0 Å². The lowest BCUT2D eigenvalue weighted by atomic mass is 10.2. The number of aromatic nitrogens is 2. The zero-order chi connectivity index (χ0) is 14.7. The maximum Gasteiger partial charge on any atom is 0.321 e. The standard InChI is InChI=1S/C15H19N3O3/c1-10(2)14-17-15(21-18-14)16-9-11-5-3-6-12-13(11)20-8-4-7-19-12/h3,5-6,10H,4,7-9H2,1-2H3,(H,16,17,18). The summed E-state index contributed by atoms with van der Waals surface area (Å²) in [5.41, 5.74) is 1.01. The van der Waals surface area contributed by atoms with Gasteiger partial charge in [-0.2, -0.15) is 4.98 Å². The van der Waals surface area contributed by atoms with Crippen LogP contribution in [0.25, 0.3) is 0 Å². The lowest BCUT2D eigenvalue weighted by Gasteiger charge is -2.12. The van der Waals surface area contributed by atoms with E-state index in [0.717, 1.165) is 23.5 Å². The third-order valence-corrected chi connectivity index (χ3v) is 3.24. The molecule has 6 heteroatoms. The van der Waals surface area contributed by atoms with E-state index in [9.17, 15) is 0 Å². The Kier molecular flexibility index (Phi) is 3.94. The monoisotopic (exact) mass is 289 g/mol. The fourth-order valence-corrected chi connectivity index (χ4v) is 2.11. The van der Waals surface area contributed by atoms with Crippen LogP contribution in [0.2, 0.25) is 0 Å². The predicted molar refractivity (Wildman–Crippen MR) is 77.8 cm³/mol. The zero-order valence-electron chi connectivity index (χ0n) is 12.3. The molecule has 0 radical (unpaired) electrons. The third-order valence-electron chi connectivity index (χ3n) is 3.24. The summed E-state index contributed by atoms with van der Waals surface area (Å²) in [4.78, 5) is 4.29.